The molecule has 0 fully saturated rings. The second-order valence-corrected chi connectivity index (χ2v) is 3.70. The summed E-state index contributed by atoms with van der Waals surface area (Å²) in [6, 6.07) is 3.54. The van der Waals surface area contributed by atoms with Gasteiger partial charge in [-0.05, 0) is 25.5 Å². The van der Waals surface area contributed by atoms with Gasteiger partial charge in [0.1, 0.15) is 5.82 Å². The van der Waals surface area contributed by atoms with Crippen LogP contribution < -0.4 is 11.1 Å². The van der Waals surface area contributed by atoms with Crippen LogP contribution in [-0.4, -0.2) is 30.1 Å². The van der Waals surface area contributed by atoms with Gasteiger partial charge in [-0.3, -0.25) is 0 Å². The van der Waals surface area contributed by atoms with E-state index < -0.39 is 0 Å². The zero-order valence-electron chi connectivity index (χ0n) is 10.3. The predicted octanol–water partition coefficient (Wildman–Crippen LogP) is 1.41. The minimum atomic E-state index is -0.350. The lowest BCUT2D eigenvalue weighted by Gasteiger charge is -2.10. The Hall–Kier alpha value is -1.62. The van der Waals surface area contributed by atoms with E-state index in [1.54, 1.807) is 19.1 Å². The maximum atomic E-state index is 11.4. The monoisotopic (exact) mass is 237 g/mol. The molecule has 3 N–H and O–H groups in total. The summed E-state index contributed by atoms with van der Waals surface area (Å²) < 4.78 is 4.86. The first-order valence-electron chi connectivity index (χ1n) is 5.80. The van der Waals surface area contributed by atoms with Crippen molar-refractivity contribution < 1.29 is 9.53 Å². The van der Waals surface area contributed by atoms with Gasteiger partial charge in [0.25, 0.3) is 0 Å². The van der Waals surface area contributed by atoms with Crippen molar-refractivity contribution in [2.45, 2.75) is 26.3 Å². The second kappa shape index (κ2) is 6.85. The van der Waals surface area contributed by atoms with Gasteiger partial charge in [-0.2, -0.15) is 0 Å². The average Bonchev–Trinajstić information content (AvgIpc) is 2.36. The third-order valence-electron chi connectivity index (χ3n) is 2.34. The highest BCUT2D eigenvalue weighted by atomic mass is 16.5. The van der Waals surface area contributed by atoms with Crippen molar-refractivity contribution in [3.63, 3.8) is 0 Å². The summed E-state index contributed by atoms with van der Waals surface area (Å²) in [6.07, 6.45) is 2.41. The van der Waals surface area contributed by atoms with E-state index in [2.05, 4.69) is 10.3 Å². The van der Waals surface area contributed by atoms with Gasteiger partial charge in [0.05, 0.1) is 12.2 Å². The summed E-state index contributed by atoms with van der Waals surface area (Å²) >= 11 is 0. The Balaban J connectivity index is 2.53. The lowest BCUT2D eigenvalue weighted by Crippen LogP contribution is -2.28. The molecule has 0 aliphatic rings. The van der Waals surface area contributed by atoms with Crippen LogP contribution in [0.5, 0.6) is 0 Å². The minimum absolute atomic E-state index is 0.113. The highest BCUT2D eigenvalue weighted by molar-refractivity contribution is 5.89. The number of rotatable bonds is 6. The largest absolute Gasteiger partial charge is 0.462 e. The normalized spacial score (nSPS) is 11.9. The molecule has 0 radical (unpaired) electrons. The summed E-state index contributed by atoms with van der Waals surface area (Å²) in [6.45, 7) is 4.84. The summed E-state index contributed by atoms with van der Waals surface area (Å²) in [7, 11) is 0. The maximum Gasteiger partial charge on any atom is 0.339 e. The van der Waals surface area contributed by atoms with Crippen molar-refractivity contribution in [1.29, 1.82) is 0 Å². The van der Waals surface area contributed by atoms with Gasteiger partial charge >= 0.3 is 5.97 Å². The van der Waals surface area contributed by atoms with E-state index in [4.69, 9.17) is 10.5 Å². The quantitative estimate of drug-likeness (QED) is 0.731. The van der Waals surface area contributed by atoms with Crippen LogP contribution in [0.3, 0.4) is 0 Å². The van der Waals surface area contributed by atoms with Crippen molar-refractivity contribution in [2.24, 2.45) is 5.73 Å². The fourth-order valence-electron chi connectivity index (χ4n) is 1.21. The van der Waals surface area contributed by atoms with Crippen molar-refractivity contribution >= 4 is 11.8 Å². The van der Waals surface area contributed by atoms with E-state index in [-0.39, 0.29) is 12.0 Å². The number of ether oxygens (including phenoxy) is 1. The first kappa shape index (κ1) is 13.4. The molecule has 94 valence electrons. The Morgan fingerprint density at radius 1 is 1.53 bits per heavy atom. The van der Waals surface area contributed by atoms with Crippen LogP contribution in [-0.2, 0) is 4.74 Å². The predicted molar refractivity (Wildman–Crippen MR) is 66.9 cm³/mol. The van der Waals surface area contributed by atoms with Crippen molar-refractivity contribution in [3.8, 4) is 0 Å². The number of carbonyl (C=O) groups is 1. The molecule has 0 saturated carbocycles. The molecular formula is C12H19N3O2. The lowest BCUT2D eigenvalue weighted by molar-refractivity contribution is 0.0526. The highest BCUT2D eigenvalue weighted by Crippen LogP contribution is 2.06. The summed E-state index contributed by atoms with van der Waals surface area (Å²) in [4.78, 5) is 15.5. The Bertz CT molecular complexity index is 351. The molecule has 0 aromatic carbocycles. The van der Waals surface area contributed by atoms with E-state index in [0.29, 0.717) is 24.5 Å². The zero-order valence-corrected chi connectivity index (χ0v) is 10.3. The molecular weight excluding hydrogens is 218 g/mol. The molecule has 0 aliphatic heterocycles. The Morgan fingerprint density at radius 3 is 2.82 bits per heavy atom. The van der Waals surface area contributed by atoms with Gasteiger partial charge in [-0.1, -0.05) is 6.92 Å². The third-order valence-corrected chi connectivity index (χ3v) is 2.34. The molecule has 1 rings (SSSR count). The first-order valence-corrected chi connectivity index (χ1v) is 5.80. The van der Waals surface area contributed by atoms with Gasteiger partial charge in [0, 0.05) is 18.8 Å². The minimum Gasteiger partial charge on any atom is -0.462 e. The van der Waals surface area contributed by atoms with Gasteiger partial charge in [-0.15, -0.1) is 0 Å². The lowest BCUT2D eigenvalue weighted by atomic mass is 10.2. The van der Waals surface area contributed by atoms with Gasteiger partial charge < -0.3 is 15.8 Å². The van der Waals surface area contributed by atoms with Gasteiger partial charge in [-0.25, -0.2) is 9.78 Å². The van der Waals surface area contributed by atoms with E-state index in [0.717, 1.165) is 6.42 Å². The first-order chi connectivity index (χ1) is 8.17. The summed E-state index contributed by atoms with van der Waals surface area (Å²) in [5.41, 5.74) is 6.23. The second-order valence-electron chi connectivity index (χ2n) is 3.70. The Morgan fingerprint density at radius 2 is 2.29 bits per heavy atom. The Kier molecular flexibility index (Phi) is 5.42. The topological polar surface area (TPSA) is 77.2 Å². The Labute approximate surface area is 101 Å². The van der Waals surface area contributed by atoms with Crippen molar-refractivity contribution in [2.75, 3.05) is 18.5 Å². The van der Waals surface area contributed by atoms with Crippen LogP contribution in [0.1, 0.15) is 30.6 Å². The molecule has 0 aliphatic carbocycles. The van der Waals surface area contributed by atoms with E-state index >= 15 is 0 Å². The standard InChI is InChI=1S/C12H19N3O2/c1-3-10(13)8-15-11-6-5-9(7-14-11)12(16)17-4-2/h5-7,10H,3-4,8,13H2,1-2H3,(H,14,15). The number of hydrogen-bond acceptors (Lipinski definition) is 5. The molecule has 5 nitrogen and oxygen atoms in total. The maximum absolute atomic E-state index is 11.4. The number of nitrogens with two attached hydrogens (primary N) is 1. The van der Waals surface area contributed by atoms with E-state index in [1.807, 2.05) is 6.92 Å². The van der Waals surface area contributed by atoms with Crippen LogP contribution in [0, 0.1) is 0 Å². The molecule has 0 bridgehead atoms. The van der Waals surface area contributed by atoms with Crippen LogP contribution in [0.2, 0.25) is 0 Å². The number of anilines is 1. The molecule has 5 heteroatoms. The van der Waals surface area contributed by atoms with Gasteiger partial charge in [0.2, 0.25) is 0 Å². The zero-order chi connectivity index (χ0) is 12.7. The molecule has 1 atom stereocenters. The molecule has 17 heavy (non-hydrogen) atoms. The summed E-state index contributed by atoms with van der Waals surface area (Å²) in [5, 5.41) is 3.11. The van der Waals surface area contributed by atoms with E-state index in [9.17, 15) is 4.79 Å². The number of aromatic nitrogens is 1. The molecule has 1 aromatic rings. The molecule has 0 spiro atoms. The van der Waals surface area contributed by atoms with Crippen LogP contribution >= 0.6 is 0 Å². The molecule has 1 unspecified atom stereocenters. The number of esters is 1. The SMILES string of the molecule is CCOC(=O)c1ccc(NCC(N)CC)nc1. The van der Waals surface area contributed by atoms with Crippen molar-refractivity contribution in [1.82, 2.24) is 4.98 Å². The van der Waals surface area contributed by atoms with Gasteiger partial charge in [0.15, 0.2) is 0 Å². The van der Waals surface area contributed by atoms with Crippen LogP contribution in [0.15, 0.2) is 18.3 Å². The molecule has 0 amide bonds. The summed E-state index contributed by atoms with van der Waals surface area (Å²) in [5.74, 6) is 0.360. The highest BCUT2D eigenvalue weighted by Gasteiger charge is 2.06. The number of nitrogens with one attached hydrogen (secondary N) is 1. The number of hydrogen-bond donors (Lipinski definition) is 2. The number of pyridine rings is 1. The average molecular weight is 237 g/mol. The van der Waals surface area contributed by atoms with Crippen LogP contribution in [0.25, 0.3) is 0 Å². The van der Waals surface area contributed by atoms with E-state index in [1.165, 1.54) is 6.20 Å². The van der Waals surface area contributed by atoms with Crippen molar-refractivity contribution in [3.05, 3.63) is 23.9 Å². The molecule has 1 heterocycles. The van der Waals surface area contributed by atoms with Crippen LogP contribution in [0.4, 0.5) is 5.82 Å². The molecule has 1 aromatic heterocycles. The third kappa shape index (κ3) is 4.40. The number of carbonyl (C=O) groups excluding carboxylic acids is 1. The fourth-order valence-corrected chi connectivity index (χ4v) is 1.21. The molecule has 0 saturated heterocycles. The fraction of sp³-hybridized carbons (Fsp3) is 0.500. The smallest absolute Gasteiger partial charge is 0.339 e. The number of nitrogens with zero attached hydrogens (tertiary/aromatic N) is 1.